The first-order chi connectivity index (χ1) is 14.3. The van der Waals surface area contributed by atoms with E-state index in [-0.39, 0.29) is 0 Å². The molecule has 1 N–H and O–H groups in total. The number of hydrogen-bond acceptors (Lipinski definition) is 3. The molecule has 5 heteroatoms. The fourth-order valence-corrected chi connectivity index (χ4v) is 3.71. The summed E-state index contributed by atoms with van der Waals surface area (Å²) in [5, 5.41) is 5.05. The lowest BCUT2D eigenvalue weighted by atomic mass is 10.1. The maximum absolute atomic E-state index is 6.50. The molecule has 0 aliphatic heterocycles. The quantitative estimate of drug-likeness (QED) is 0.377. The minimum absolute atomic E-state index is 0.667. The van der Waals surface area contributed by atoms with Gasteiger partial charge in [-0.1, -0.05) is 72.3 Å². The fourth-order valence-electron chi connectivity index (χ4n) is 3.48. The van der Waals surface area contributed by atoms with Crippen molar-refractivity contribution in [2.75, 3.05) is 5.32 Å². The maximum Gasteiger partial charge on any atom is 0.150 e. The van der Waals surface area contributed by atoms with Gasteiger partial charge < -0.3 is 5.32 Å². The van der Waals surface area contributed by atoms with Gasteiger partial charge in [0.1, 0.15) is 12.1 Å². The first-order valence-corrected chi connectivity index (χ1v) is 9.67. The zero-order chi connectivity index (χ0) is 19.6. The summed E-state index contributed by atoms with van der Waals surface area (Å²) in [6.45, 7) is 0. The minimum Gasteiger partial charge on any atom is -0.340 e. The number of para-hydroxylation sites is 2. The highest BCUT2D eigenvalue weighted by Gasteiger charge is 2.18. The zero-order valence-corrected chi connectivity index (χ0v) is 16.2. The molecule has 0 bridgehead atoms. The summed E-state index contributed by atoms with van der Waals surface area (Å²) in [5.41, 5.74) is 4.78. The van der Waals surface area contributed by atoms with Crippen molar-refractivity contribution in [3.63, 3.8) is 0 Å². The number of rotatable bonds is 4. The Morgan fingerprint density at radius 1 is 0.759 bits per heavy atom. The molecule has 0 aliphatic rings. The lowest BCUT2D eigenvalue weighted by molar-refractivity contribution is 1.08. The van der Waals surface area contributed by atoms with E-state index < -0.39 is 0 Å². The summed E-state index contributed by atoms with van der Waals surface area (Å²) in [4.78, 5) is 9.15. The zero-order valence-electron chi connectivity index (χ0n) is 15.5. The summed E-state index contributed by atoms with van der Waals surface area (Å²) in [6.07, 6.45) is 3.65. The van der Waals surface area contributed by atoms with Gasteiger partial charge in [0, 0.05) is 17.4 Å². The molecular weight excluding hydrogens is 380 g/mol. The van der Waals surface area contributed by atoms with Crippen LogP contribution in [0.3, 0.4) is 0 Å². The van der Waals surface area contributed by atoms with E-state index in [1.165, 1.54) is 0 Å². The van der Waals surface area contributed by atoms with Crippen molar-refractivity contribution in [1.82, 2.24) is 14.5 Å². The number of nitrogens with zero attached hydrogens (tertiary/aromatic N) is 3. The van der Waals surface area contributed by atoms with Crippen molar-refractivity contribution in [2.24, 2.45) is 0 Å². The summed E-state index contributed by atoms with van der Waals surface area (Å²) in [7, 11) is 0. The molecule has 0 unspecified atom stereocenters. The van der Waals surface area contributed by atoms with Crippen LogP contribution in [0.4, 0.5) is 11.5 Å². The number of nitrogens with one attached hydrogen (secondary N) is 1. The molecule has 2 heterocycles. The van der Waals surface area contributed by atoms with Gasteiger partial charge in [0.25, 0.3) is 0 Å². The second-order valence-corrected chi connectivity index (χ2v) is 7.05. The Labute approximate surface area is 173 Å². The number of hydrogen-bond donors (Lipinski definition) is 1. The van der Waals surface area contributed by atoms with E-state index in [9.17, 15) is 0 Å². The van der Waals surface area contributed by atoms with Crippen LogP contribution in [-0.4, -0.2) is 14.5 Å². The SMILES string of the molecule is Clc1ccccc1-n1cc(-c2ccccc2)c2c(Nc3ccccc3)ncnc21. The summed E-state index contributed by atoms with van der Waals surface area (Å²) < 4.78 is 2.03. The predicted molar refractivity (Wildman–Crippen MR) is 119 cm³/mol. The fraction of sp³-hybridized carbons (Fsp3) is 0. The molecule has 0 atom stereocenters. The number of benzene rings is 3. The minimum atomic E-state index is 0.667. The van der Waals surface area contributed by atoms with E-state index in [0.29, 0.717) is 5.02 Å². The summed E-state index contributed by atoms with van der Waals surface area (Å²) >= 11 is 6.50. The molecule has 0 saturated carbocycles. The van der Waals surface area contributed by atoms with Gasteiger partial charge in [-0.3, -0.25) is 4.57 Å². The third kappa shape index (κ3) is 3.24. The molecule has 4 nitrogen and oxygen atoms in total. The van der Waals surface area contributed by atoms with E-state index in [1.54, 1.807) is 6.33 Å². The van der Waals surface area contributed by atoms with Gasteiger partial charge in [-0.2, -0.15) is 0 Å². The Bertz CT molecular complexity index is 1280. The molecule has 5 aromatic rings. The number of aromatic nitrogens is 3. The largest absolute Gasteiger partial charge is 0.340 e. The lowest BCUT2D eigenvalue weighted by Crippen LogP contribution is -1.98. The second-order valence-electron chi connectivity index (χ2n) is 6.64. The average Bonchev–Trinajstić information content (AvgIpc) is 3.16. The van der Waals surface area contributed by atoms with Crippen molar-refractivity contribution in [1.29, 1.82) is 0 Å². The van der Waals surface area contributed by atoms with E-state index in [0.717, 1.165) is 39.4 Å². The van der Waals surface area contributed by atoms with Crippen molar-refractivity contribution >= 4 is 34.1 Å². The third-order valence-electron chi connectivity index (χ3n) is 4.82. The van der Waals surface area contributed by atoms with Crippen LogP contribution >= 0.6 is 11.6 Å². The topological polar surface area (TPSA) is 42.7 Å². The van der Waals surface area contributed by atoms with E-state index >= 15 is 0 Å². The van der Waals surface area contributed by atoms with Crippen LogP contribution in [0.5, 0.6) is 0 Å². The monoisotopic (exact) mass is 396 g/mol. The number of anilines is 2. The molecule has 0 saturated heterocycles. The summed E-state index contributed by atoms with van der Waals surface area (Å²) in [5.74, 6) is 0.755. The van der Waals surface area contributed by atoms with Gasteiger partial charge in [-0.15, -0.1) is 0 Å². The summed E-state index contributed by atoms with van der Waals surface area (Å²) in [6, 6.07) is 28.0. The molecule has 5 rings (SSSR count). The van der Waals surface area contributed by atoms with Crippen LogP contribution in [0.15, 0.2) is 97.5 Å². The van der Waals surface area contributed by atoms with Gasteiger partial charge in [-0.25, -0.2) is 9.97 Å². The Hall–Kier alpha value is -3.63. The van der Waals surface area contributed by atoms with E-state index in [2.05, 4.69) is 33.6 Å². The number of halogens is 1. The Morgan fingerprint density at radius 2 is 1.45 bits per heavy atom. The first kappa shape index (κ1) is 17.5. The highest BCUT2D eigenvalue weighted by molar-refractivity contribution is 6.32. The Morgan fingerprint density at radius 3 is 2.21 bits per heavy atom. The molecule has 2 aromatic heterocycles. The van der Waals surface area contributed by atoms with Crippen LogP contribution in [0.2, 0.25) is 5.02 Å². The van der Waals surface area contributed by atoms with Gasteiger partial charge in [-0.05, 0) is 29.8 Å². The Kier molecular flexibility index (Phi) is 4.47. The van der Waals surface area contributed by atoms with Crippen LogP contribution in [-0.2, 0) is 0 Å². The Balaban J connectivity index is 1.79. The van der Waals surface area contributed by atoms with Crippen molar-refractivity contribution in [3.8, 4) is 16.8 Å². The van der Waals surface area contributed by atoms with Gasteiger partial charge in [0.15, 0.2) is 5.65 Å². The van der Waals surface area contributed by atoms with Crippen LogP contribution in [0.25, 0.3) is 27.8 Å². The molecule has 0 fully saturated rings. The van der Waals surface area contributed by atoms with E-state index in [4.69, 9.17) is 11.6 Å². The maximum atomic E-state index is 6.50. The lowest BCUT2D eigenvalue weighted by Gasteiger charge is -2.09. The predicted octanol–water partition coefficient (Wildman–Crippen LogP) is 6.48. The smallest absolute Gasteiger partial charge is 0.150 e. The highest BCUT2D eigenvalue weighted by Crippen LogP contribution is 2.37. The highest BCUT2D eigenvalue weighted by atomic mass is 35.5. The molecule has 140 valence electrons. The second kappa shape index (κ2) is 7.41. The normalized spacial score (nSPS) is 10.9. The molecular formula is C24H17ClN4. The van der Waals surface area contributed by atoms with Crippen molar-refractivity contribution < 1.29 is 0 Å². The van der Waals surface area contributed by atoms with Gasteiger partial charge in [0.05, 0.1) is 16.1 Å². The van der Waals surface area contributed by atoms with Gasteiger partial charge in [0.2, 0.25) is 0 Å². The molecule has 3 aromatic carbocycles. The van der Waals surface area contributed by atoms with Crippen LogP contribution in [0.1, 0.15) is 0 Å². The third-order valence-corrected chi connectivity index (χ3v) is 5.14. The molecule has 0 radical (unpaired) electrons. The molecule has 0 spiro atoms. The number of fused-ring (bicyclic) bond motifs is 1. The first-order valence-electron chi connectivity index (χ1n) is 9.30. The molecule has 0 amide bonds. The van der Waals surface area contributed by atoms with Crippen molar-refractivity contribution in [3.05, 3.63) is 102 Å². The standard InChI is InChI=1S/C24H17ClN4/c25-20-13-7-8-14-21(20)29-15-19(17-9-3-1-4-10-17)22-23(26-16-27-24(22)29)28-18-11-5-2-6-12-18/h1-16H,(H,26,27,28). The molecule has 29 heavy (non-hydrogen) atoms. The van der Waals surface area contributed by atoms with Crippen LogP contribution < -0.4 is 5.32 Å². The van der Waals surface area contributed by atoms with Crippen LogP contribution in [0, 0.1) is 0 Å². The van der Waals surface area contributed by atoms with Gasteiger partial charge >= 0.3 is 0 Å². The molecule has 0 aliphatic carbocycles. The average molecular weight is 397 g/mol. The van der Waals surface area contributed by atoms with Crippen molar-refractivity contribution in [2.45, 2.75) is 0 Å². The van der Waals surface area contributed by atoms with E-state index in [1.807, 2.05) is 77.4 Å².